The Balaban J connectivity index is 1.12. The summed E-state index contributed by atoms with van der Waals surface area (Å²) >= 11 is 0. The number of para-hydroxylation sites is 1. The molecular formula is C29H27N3O5. The van der Waals surface area contributed by atoms with Crippen LogP contribution >= 0.6 is 0 Å². The first-order valence-electron chi connectivity index (χ1n) is 12.4. The third kappa shape index (κ3) is 4.94. The monoisotopic (exact) mass is 497 g/mol. The van der Waals surface area contributed by atoms with Gasteiger partial charge in [0.25, 0.3) is 0 Å². The SMILES string of the molecule is O=C(CN1CCN(Cc2ccc3c(c2)OCO3)CC1)Nc1oc2ccccc2c(=O)c1-c1ccccc1. The summed E-state index contributed by atoms with van der Waals surface area (Å²) in [6, 6.07) is 22.4. The lowest BCUT2D eigenvalue weighted by molar-refractivity contribution is -0.117. The average molecular weight is 498 g/mol. The first kappa shape index (κ1) is 23.3. The second-order valence-corrected chi connectivity index (χ2v) is 9.29. The zero-order valence-corrected chi connectivity index (χ0v) is 20.3. The fourth-order valence-electron chi connectivity index (χ4n) is 4.87. The van der Waals surface area contributed by atoms with Crippen molar-refractivity contribution in [3.05, 3.63) is 88.6 Å². The molecule has 1 N–H and O–H groups in total. The van der Waals surface area contributed by atoms with Gasteiger partial charge in [0.15, 0.2) is 11.5 Å². The van der Waals surface area contributed by atoms with Gasteiger partial charge < -0.3 is 13.9 Å². The van der Waals surface area contributed by atoms with Crippen LogP contribution in [0.4, 0.5) is 5.88 Å². The molecule has 1 amide bonds. The minimum atomic E-state index is -0.208. The van der Waals surface area contributed by atoms with E-state index in [1.54, 1.807) is 18.2 Å². The van der Waals surface area contributed by atoms with E-state index in [2.05, 4.69) is 21.2 Å². The van der Waals surface area contributed by atoms with Gasteiger partial charge in [0, 0.05) is 32.7 Å². The Kier molecular flexibility index (Phi) is 6.34. The summed E-state index contributed by atoms with van der Waals surface area (Å²) in [5.74, 6) is 1.56. The van der Waals surface area contributed by atoms with Crippen LogP contribution in [0.5, 0.6) is 11.5 Å². The van der Waals surface area contributed by atoms with Gasteiger partial charge in [-0.2, -0.15) is 0 Å². The van der Waals surface area contributed by atoms with Gasteiger partial charge >= 0.3 is 0 Å². The van der Waals surface area contributed by atoms with Crippen molar-refractivity contribution in [2.75, 3.05) is 44.8 Å². The Hall–Kier alpha value is -4.14. The van der Waals surface area contributed by atoms with Crippen molar-refractivity contribution >= 4 is 22.8 Å². The third-order valence-corrected chi connectivity index (χ3v) is 6.79. The van der Waals surface area contributed by atoms with Crippen molar-refractivity contribution in [2.45, 2.75) is 6.54 Å². The van der Waals surface area contributed by atoms with Gasteiger partial charge in [-0.15, -0.1) is 0 Å². The van der Waals surface area contributed by atoms with Gasteiger partial charge in [-0.3, -0.25) is 24.7 Å². The Labute approximate surface area is 214 Å². The van der Waals surface area contributed by atoms with Gasteiger partial charge in [0.2, 0.25) is 24.0 Å². The lowest BCUT2D eigenvalue weighted by Gasteiger charge is -2.34. The minimum Gasteiger partial charge on any atom is -0.454 e. The quantitative estimate of drug-likeness (QED) is 0.432. The molecule has 1 aromatic heterocycles. The van der Waals surface area contributed by atoms with Gasteiger partial charge in [-0.05, 0) is 35.4 Å². The van der Waals surface area contributed by atoms with Crippen molar-refractivity contribution in [3.63, 3.8) is 0 Å². The molecule has 8 nitrogen and oxygen atoms in total. The summed E-state index contributed by atoms with van der Waals surface area (Å²) in [5, 5.41) is 3.36. The third-order valence-electron chi connectivity index (χ3n) is 6.79. The van der Waals surface area contributed by atoms with E-state index >= 15 is 0 Å². The van der Waals surface area contributed by atoms with Crippen LogP contribution in [0, 0.1) is 0 Å². The maximum absolute atomic E-state index is 13.3. The molecule has 0 saturated carbocycles. The van der Waals surface area contributed by atoms with Crippen LogP contribution in [-0.2, 0) is 11.3 Å². The zero-order valence-electron chi connectivity index (χ0n) is 20.3. The molecule has 3 heterocycles. The number of carbonyl (C=O) groups excluding carboxylic acids is 1. The van der Waals surface area contributed by atoms with E-state index in [9.17, 15) is 9.59 Å². The van der Waals surface area contributed by atoms with Crippen molar-refractivity contribution in [2.24, 2.45) is 0 Å². The Morgan fingerprint density at radius 1 is 0.838 bits per heavy atom. The number of nitrogens with one attached hydrogen (secondary N) is 1. The molecule has 0 spiro atoms. The van der Waals surface area contributed by atoms with Gasteiger partial charge in [-0.1, -0.05) is 48.5 Å². The highest BCUT2D eigenvalue weighted by Gasteiger charge is 2.23. The highest BCUT2D eigenvalue weighted by molar-refractivity contribution is 5.97. The topological polar surface area (TPSA) is 84.2 Å². The maximum Gasteiger partial charge on any atom is 0.240 e. The summed E-state index contributed by atoms with van der Waals surface area (Å²) in [4.78, 5) is 30.8. The highest BCUT2D eigenvalue weighted by atomic mass is 16.7. The molecule has 0 radical (unpaired) electrons. The number of amides is 1. The molecular weight excluding hydrogens is 470 g/mol. The van der Waals surface area contributed by atoms with Crippen LogP contribution in [-0.4, -0.2) is 55.2 Å². The molecule has 37 heavy (non-hydrogen) atoms. The zero-order chi connectivity index (χ0) is 25.2. The molecule has 1 fully saturated rings. The number of nitrogens with zero attached hydrogens (tertiary/aromatic N) is 2. The molecule has 0 bridgehead atoms. The number of anilines is 1. The molecule has 2 aliphatic rings. The van der Waals surface area contributed by atoms with E-state index in [0.29, 0.717) is 22.1 Å². The Bertz CT molecular complexity index is 1490. The predicted molar refractivity (Wildman–Crippen MR) is 141 cm³/mol. The molecule has 6 rings (SSSR count). The molecule has 188 valence electrons. The summed E-state index contributed by atoms with van der Waals surface area (Å²) in [6.07, 6.45) is 0. The number of rotatable bonds is 6. The lowest BCUT2D eigenvalue weighted by Crippen LogP contribution is -2.48. The molecule has 0 unspecified atom stereocenters. The Morgan fingerprint density at radius 2 is 1.57 bits per heavy atom. The number of fused-ring (bicyclic) bond motifs is 2. The van der Waals surface area contributed by atoms with Crippen LogP contribution in [0.25, 0.3) is 22.1 Å². The smallest absolute Gasteiger partial charge is 0.240 e. The van der Waals surface area contributed by atoms with Crippen molar-refractivity contribution < 1.29 is 18.7 Å². The highest BCUT2D eigenvalue weighted by Crippen LogP contribution is 2.33. The van der Waals surface area contributed by atoms with Crippen molar-refractivity contribution in [1.29, 1.82) is 0 Å². The number of hydrogen-bond donors (Lipinski definition) is 1. The van der Waals surface area contributed by atoms with E-state index in [-0.39, 0.29) is 30.6 Å². The summed E-state index contributed by atoms with van der Waals surface area (Å²) in [6.45, 7) is 4.55. The van der Waals surface area contributed by atoms with Gasteiger partial charge in [-0.25, -0.2) is 0 Å². The number of hydrogen-bond acceptors (Lipinski definition) is 7. The maximum atomic E-state index is 13.3. The second-order valence-electron chi connectivity index (χ2n) is 9.29. The van der Waals surface area contributed by atoms with E-state index in [1.165, 1.54) is 5.56 Å². The summed E-state index contributed by atoms with van der Waals surface area (Å²) in [7, 11) is 0. The molecule has 0 atom stereocenters. The van der Waals surface area contributed by atoms with E-state index in [0.717, 1.165) is 44.2 Å². The van der Waals surface area contributed by atoms with Gasteiger partial charge in [0.1, 0.15) is 5.58 Å². The number of piperazine rings is 1. The van der Waals surface area contributed by atoms with E-state index in [1.807, 2.05) is 48.5 Å². The lowest BCUT2D eigenvalue weighted by atomic mass is 10.0. The second kappa shape index (κ2) is 10.1. The Morgan fingerprint density at radius 3 is 2.41 bits per heavy atom. The molecule has 4 aromatic rings. The van der Waals surface area contributed by atoms with Crippen molar-refractivity contribution in [1.82, 2.24) is 9.80 Å². The number of ether oxygens (including phenoxy) is 2. The molecule has 3 aromatic carbocycles. The van der Waals surface area contributed by atoms with Crippen molar-refractivity contribution in [3.8, 4) is 22.6 Å². The van der Waals surface area contributed by atoms with Gasteiger partial charge in [0.05, 0.1) is 17.5 Å². The van der Waals surface area contributed by atoms with Crippen LogP contribution in [0.2, 0.25) is 0 Å². The van der Waals surface area contributed by atoms with Crippen LogP contribution < -0.4 is 20.2 Å². The number of carbonyl (C=O) groups is 1. The normalized spacial score (nSPS) is 15.7. The summed E-state index contributed by atoms with van der Waals surface area (Å²) < 4.78 is 16.9. The minimum absolute atomic E-state index is 0.166. The van der Waals surface area contributed by atoms with Crippen LogP contribution in [0.1, 0.15) is 5.56 Å². The average Bonchev–Trinajstić information content (AvgIpc) is 3.39. The summed E-state index contributed by atoms with van der Waals surface area (Å²) in [5.41, 5.74) is 2.52. The molecule has 0 aliphatic carbocycles. The van der Waals surface area contributed by atoms with E-state index < -0.39 is 0 Å². The van der Waals surface area contributed by atoms with E-state index in [4.69, 9.17) is 13.9 Å². The first-order chi connectivity index (χ1) is 18.1. The largest absolute Gasteiger partial charge is 0.454 e. The molecule has 1 saturated heterocycles. The first-order valence-corrected chi connectivity index (χ1v) is 12.4. The molecule has 8 heteroatoms. The molecule has 2 aliphatic heterocycles. The van der Waals surface area contributed by atoms with Crippen LogP contribution in [0.3, 0.4) is 0 Å². The fourth-order valence-corrected chi connectivity index (χ4v) is 4.87. The van der Waals surface area contributed by atoms with Crippen LogP contribution in [0.15, 0.2) is 82.0 Å². The fraction of sp³-hybridized carbons (Fsp3) is 0.241. The predicted octanol–water partition coefficient (Wildman–Crippen LogP) is 3.95. The standard InChI is InChI=1S/C29H27N3O5/c33-26(18-32-14-12-31(13-15-32)17-20-10-11-24-25(16-20)36-19-35-24)30-29-27(21-6-2-1-3-7-21)28(34)22-8-4-5-9-23(22)37-29/h1-11,16H,12-15,17-19H2,(H,30,33). The number of benzene rings is 3.